The van der Waals surface area contributed by atoms with E-state index in [1.807, 2.05) is 0 Å². The van der Waals surface area contributed by atoms with Crippen molar-refractivity contribution >= 4 is 5.91 Å². The molecule has 0 aromatic carbocycles. The minimum atomic E-state index is -0.375. The number of piperidine rings is 1. The molecule has 1 N–H and O–H groups in total. The molecule has 2 aliphatic rings. The second kappa shape index (κ2) is 6.56. The molecule has 0 radical (unpaired) electrons. The van der Waals surface area contributed by atoms with Crippen molar-refractivity contribution in [2.24, 2.45) is 0 Å². The van der Waals surface area contributed by atoms with E-state index in [2.05, 4.69) is 10.1 Å². The van der Waals surface area contributed by atoms with Gasteiger partial charge in [0.05, 0.1) is 6.10 Å². The summed E-state index contributed by atoms with van der Waals surface area (Å²) in [4.78, 5) is 18.3. The molecule has 1 aromatic heterocycles. The van der Waals surface area contributed by atoms with Crippen LogP contribution in [-0.4, -0.2) is 45.2 Å². The largest absolute Gasteiger partial charge is 0.391 e. The van der Waals surface area contributed by atoms with Gasteiger partial charge in [-0.2, -0.15) is 4.98 Å². The molecule has 1 saturated heterocycles. The van der Waals surface area contributed by atoms with Crippen LogP contribution in [0.2, 0.25) is 0 Å². The molecule has 1 aliphatic carbocycles. The minimum absolute atomic E-state index is 0.0642. The molecular formula is C15H23N3O3. The Hall–Kier alpha value is -1.43. The lowest BCUT2D eigenvalue weighted by atomic mass is 10.1. The third-order valence-corrected chi connectivity index (χ3v) is 4.51. The number of aromatic nitrogens is 2. The Morgan fingerprint density at radius 2 is 2.10 bits per heavy atom. The highest BCUT2D eigenvalue weighted by atomic mass is 16.5. The Balaban J connectivity index is 1.49. The van der Waals surface area contributed by atoms with Gasteiger partial charge in [-0.05, 0) is 25.7 Å². The summed E-state index contributed by atoms with van der Waals surface area (Å²) in [5.41, 5.74) is 0. The number of hydrogen-bond acceptors (Lipinski definition) is 5. The number of β-amino-alcohol motifs (C(OH)–C–C–N with tert-alkyl or cyclic N) is 1. The number of likely N-dealkylation sites (tertiary alicyclic amines) is 1. The number of aliphatic hydroxyl groups is 1. The maximum atomic E-state index is 12.1. The van der Waals surface area contributed by atoms with Gasteiger partial charge in [-0.15, -0.1) is 0 Å². The van der Waals surface area contributed by atoms with E-state index in [4.69, 9.17) is 4.52 Å². The predicted molar refractivity (Wildman–Crippen MR) is 75.6 cm³/mol. The minimum Gasteiger partial charge on any atom is -0.391 e. The third-order valence-electron chi connectivity index (χ3n) is 4.51. The highest BCUT2D eigenvalue weighted by molar-refractivity contribution is 5.76. The third kappa shape index (κ3) is 3.61. The van der Waals surface area contributed by atoms with Gasteiger partial charge in [0, 0.05) is 31.8 Å². The van der Waals surface area contributed by atoms with Crippen LogP contribution in [0, 0.1) is 0 Å². The predicted octanol–water partition coefficient (Wildman–Crippen LogP) is 1.64. The first-order valence-electron chi connectivity index (χ1n) is 8.00. The molecule has 2 fully saturated rings. The number of amides is 1. The van der Waals surface area contributed by atoms with E-state index in [1.165, 1.54) is 12.8 Å². The van der Waals surface area contributed by atoms with Gasteiger partial charge in [-0.1, -0.05) is 18.0 Å². The van der Waals surface area contributed by atoms with Crippen molar-refractivity contribution in [1.82, 2.24) is 15.0 Å². The van der Waals surface area contributed by atoms with Gasteiger partial charge in [0.2, 0.25) is 11.8 Å². The molecule has 2 heterocycles. The highest BCUT2D eigenvalue weighted by Crippen LogP contribution is 2.32. The fraction of sp³-hybridized carbons (Fsp3) is 0.800. The van der Waals surface area contributed by atoms with E-state index in [0.717, 1.165) is 38.1 Å². The van der Waals surface area contributed by atoms with Gasteiger partial charge in [-0.3, -0.25) is 4.79 Å². The molecule has 3 rings (SSSR count). The fourth-order valence-corrected chi connectivity index (χ4v) is 3.27. The standard InChI is InChI=1S/C15H23N3O3/c19-12-6-3-9-18(10-12)14(20)8-7-13-16-15(17-21-13)11-4-1-2-5-11/h11-12,19H,1-10H2. The number of hydrogen-bond donors (Lipinski definition) is 1. The van der Waals surface area contributed by atoms with Crippen LogP contribution in [0.25, 0.3) is 0 Å². The summed E-state index contributed by atoms with van der Waals surface area (Å²) in [6.45, 7) is 1.20. The molecule has 21 heavy (non-hydrogen) atoms. The Labute approximate surface area is 124 Å². The normalized spacial score (nSPS) is 23.7. The lowest BCUT2D eigenvalue weighted by molar-refractivity contribution is -0.134. The van der Waals surface area contributed by atoms with Gasteiger partial charge in [0.1, 0.15) is 0 Å². The first-order valence-corrected chi connectivity index (χ1v) is 8.00. The zero-order valence-electron chi connectivity index (χ0n) is 12.3. The summed E-state index contributed by atoms with van der Waals surface area (Å²) in [6.07, 6.45) is 6.92. The maximum absolute atomic E-state index is 12.1. The molecule has 1 atom stereocenters. The number of carbonyl (C=O) groups excluding carboxylic acids is 1. The molecule has 1 unspecified atom stereocenters. The molecular weight excluding hydrogens is 270 g/mol. The Morgan fingerprint density at radius 1 is 1.29 bits per heavy atom. The molecule has 1 saturated carbocycles. The van der Waals surface area contributed by atoms with Crippen molar-refractivity contribution in [2.45, 2.75) is 63.4 Å². The summed E-state index contributed by atoms with van der Waals surface area (Å²) in [5.74, 6) is 1.87. The number of aryl methyl sites for hydroxylation is 1. The molecule has 1 aliphatic heterocycles. The summed E-state index contributed by atoms with van der Waals surface area (Å²) < 4.78 is 5.25. The molecule has 1 amide bonds. The zero-order valence-corrected chi connectivity index (χ0v) is 12.3. The van der Waals surface area contributed by atoms with Crippen molar-refractivity contribution in [2.75, 3.05) is 13.1 Å². The van der Waals surface area contributed by atoms with Gasteiger partial charge in [0.25, 0.3) is 0 Å². The van der Waals surface area contributed by atoms with Crippen LogP contribution in [0.4, 0.5) is 0 Å². The molecule has 6 nitrogen and oxygen atoms in total. The monoisotopic (exact) mass is 293 g/mol. The SMILES string of the molecule is O=C(CCc1nc(C2CCCC2)no1)N1CCCC(O)C1. The topological polar surface area (TPSA) is 79.5 Å². The van der Waals surface area contributed by atoms with Crippen molar-refractivity contribution in [1.29, 1.82) is 0 Å². The number of rotatable bonds is 4. The average molecular weight is 293 g/mol. The smallest absolute Gasteiger partial charge is 0.227 e. The van der Waals surface area contributed by atoms with Crippen molar-refractivity contribution in [3.05, 3.63) is 11.7 Å². The summed E-state index contributed by atoms with van der Waals surface area (Å²) >= 11 is 0. The summed E-state index contributed by atoms with van der Waals surface area (Å²) in [7, 11) is 0. The first-order chi connectivity index (χ1) is 10.2. The van der Waals surface area contributed by atoms with E-state index in [1.54, 1.807) is 4.90 Å². The van der Waals surface area contributed by atoms with Crippen molar-refractivity contribution in [3.8, 4) is 0 Å². The maximum Gasteiger partial charge on any atom is 0.227 e. The van der Waals surface area contributed by atoms with E-state index >= 15 is 0 Å². The van der Waals surface area contributed by atoms with E-state index < -0.39 is 0 Å². The zero-order chi connectivity index (χ0) is 14.7. The van der Waals surface area contributed by atoms with Crippen LogP contribution in [0.1, 0.15) is 62.6 Å². The summed E-state index contributed by atoms with van der Waals surface area (Å²) in [5, 5.41) is 13.7. The first kappa shape index (κ1) is 14.5. The van der Waals surface area contributed by atoms with Gasteiger partial charge in [0.15, 0.2) is 5.82 Å². The van der Waals surface area contributed by atoms with Crippen molar-refractivity contribution in [3.63, 3.8) is 0 Å². The number of nitrogens with zero attached hydrogens (tertiary/aromatic N) is 3. The molecule has 6 heteroatoms. The lowest BCUT2D eigenvalue weighted by Gasteiger charge is -2.30. The Morgan fingerprint density at radius 3 is 2.86 bits per heavy atom. The van der Waals surface area contributed by atoms with Gasteiger partial charge >= 0.3 is 0 Å². The highest BCUT2D eigenvalue weighted by Gasteiger charge is 2.24. The number of aliphatic hydroxyl groups excluding tert-OH is 1. The average Bonchev–Trinajstić information content (AvgIpc) is 3.15. The van der Waals surface area contributed by atoms with Gasteiger partial charge in [-0.25, -0.2) is 0 Å². The second-order valence-corrected chi connectivity index (χ2v) is 6.16. The molecule has 1 aromatic rings. The van der Waals surface area contributed by atoms with E-state index in [-0.39, 0.29) is 12.0 Å². The quantitative estimate of drug-likeness (QED) is 0.913. The fourth-order valence-electron chi connectivity index (χ4n) is 3.27. The van der Waals surface area contributed by atoms with Crippen LogP contribution in [0.3, 0.4) is 0 Å². The molecule has 116 valence electrons. The summed E-state index contributed by atoms with van der Waals surface area (Å²) in [6, 6.07) is 0. The Kier molecular flexibility index (Phi) is 4.53. The van der Waals surface area contributed by atoms with Crippen LogP contribution in [0.15, 0.2) is 4.52 Å². The van der Waals surface area contributed by atoms with Crippen molar-refractivity contribution < 1.29 is 14.4 Å². The molecule has 0 bridgehead atoms. The second-order valence-electron chi connectivity index (χ2n) is 6.16. The van der Waals surface area contributed by atoms with E-state index in [9.17, 15) is 9.90 Å². The van der Waals surface area contributed by atoms with E-state index in [0.29, 0.717) is 31.2 Å². The van der Waals surface area contributed by atoms with Crippen LogP contribution < -0.4 is 0 Å². The van der Waals surface area contributed by atoms with Crippen LogP contribution >= 0.6 is 0 Å². The van der Waals surface area contributed by atoms with Crippen LogP contribution in [-0.2, 0) is 11.2 Å². The van der Waals surface area contributed by atoms with Gasteiger partial charge < -0.3 is 14.5 Å². The molecule has 0 spiro atoms. The Bertz CT molecular complexity index is 482. The number of carbonyl (C=O) groups is 1. The lowest BCUT2D eigenvalue weighted by Crippen LogP contribution is -2.42. The van der Waals surface area contributed by atoms with Crippen LogP contribution in [0.5, 0.6) is 0 Å².